The molecule has 1 aliphatic heterocycles. The molecule has 0 atom stereocenters. The Morgan fingerprint density at radius 1 is 1.21 bits per heavy atom. The lowest BCUT2D eigenvalue weighted by Crippen LogP contribution is -2.30. The highest BCUT2D eigenvalue weighted by Gasteiger charge is 2.35. The van der Waals surface area contributed by atoms with Gasteiger partial charge in [0.05, 0.1) is 5.69 Å². The van der Waals surface area contributed by atoms with Crippen molar-refractivity contribution in [1.29, 1.82) is 0 Å². The first-order valence-electron chi connectivity index (χ1n) is 7.72. The number of hydrogen-bond acceptors (Lipinski definition) is 4. The molecule has 0 aliphatic carbocycles. The molecule has 3 rings (SSSR count). The summed E-state index contributed by atoms with van der Waals surface area (Å²) in [6.07, 6.45) is -4.87. The van der Waals surface area contributed by atoms with E-state index in [1.807, 2.05) is 0 Å². The van der Waals surface area contributed by atoms with Crippen molar-refractivity contribution < 1.29 is 27.1 Å². The van der Waals surface area contributed by atoms with Crippen molar-refractivity contribution in [2.45, 2.75) is 6.36 Å². The van der Waals surface area contributed by atoms with E-state index in [9.17, 15) is 22.4 Å². The van der Waals surface area contributed by atoms with Crippen molar-refractivity contribution in [3.63, 3.8) is 0 Å². The number of amides is 1. The number of halogens is 4. The number of carbonyl (C=O) groups is 1. The molecule has 6 nitrogen and oxygen atoms in total. The lowest BCUT2D eigenvalue weighted by atomic mass is 10.1. The maximum atomic E-state index is 13.2. The number of carbonyl (C=O) groups excluding carboxylic acids is 1. The van der Waals surface area contributed by atoms with E-state index in [0.29, 0.717) is 11.4 Å². The maximum Gasteiger partial charge on any atom is 0.573 e. The summed E-state index contributed by atoms with van der Waals surface area (Å²) in [7, 11) is 1.46. The maximum absolute atomic E-state index is 13.2. The molecule has 2 N–H and O–H groups in total. The van der Waals surface area contributed by atoms with Gasteiger partial charge in [0, 0.05) is 18.3 Å². The Morgan fingerprint density at radius 2 is 1.96 bits per heavy atom. The van der Waals surface area contributed by atoms with Crippen LogP contribution in [0.2, 0.25) is 0 Å². The van der Waals surface area contributed by atoms with Crippen LogP contribution in [0.4, 0.5) is 28.9 Å². The fraction of sp³-hybridized carbons (Fsp3) is 0.118. The third-order valence-corrected chi connectivity index (χ3v) is 3.87. The Morgan fingerprint density at radius 3 is 2.64 bits per heavy atom. The van der Waals surface area contributed by atoms with Crippen LogP contribution in [-0.2, 0) is 4.79 Å². The number of ether oxygens (including phenoxy) is 1. The summed E-state index contributed by atoms with van der Waals surface area (Å²) in [5.41, 5.74) is 3.15. The Hall–Kier alpha value is -3.21. The van der Waals surface area contributed by atoms with Gasteiger partial charge in [0.1, 0.15) is 11.6 Å². The molecule has 0 saturated heterocycles. The van der Waals surface area contributed by atoms with E-state index in [2.05, 4.69) is 20.6 Å². The van der Waals surface area contributed by atoms with Crippen molar-refractivity contribution in [1.82, 2.24) is 5.43 Å². The van der Waals surface area contributed by atoms with Gasteiger partial charge in [-0.15, -0.1) is 13.2 Å². The molecule has 11 heteroatoms. The van der Waals surface area contributed by atoms with E-state index in [1.54, 1.807) is 6.07 Å². The van der Waals surface area contributed by atoms with Gasteiger partial charge >= 0.3 is 6.36 Å². The van der Waals surface area contributed by atoms with E-state index >= 15 is 0 Å². The molecule has 0 radical (unpaired) electrons. The number of rotatable bonds is 3. The summed E-state index contributed by atoms with van der Waals surface area (Å²) in [4.78, 5) is 13.6. The molecule has 1 amide bonds. The number of thiocarbonyl (C=S) groups is 1. The van der Waals surface area contributed by atoms with Crippen molar-refractivity contribution in [3.05, 3.63) is 53.8 Å². The van der Waals surface area contributed by atoms with E-state index < -0.39 is 23.8 Å². The van der Waals surface area contributed by atoms with Gasteiger partial charge < -0.3 is 15.0 Å². The second kappa shape index (κ2) is 7.43. The van der Waals surface area contributed by atoms with E-state index in [4.69, 9.17) is 12.2 Å². The molecule has 0 aromatic heterocycles. The quantitative estimate of drug-likeness (QED) is 0.460. The van der Waals surface area contributed by atoms with Gasteiger partial charge in [0.2, 0.25) is 0 Å². The highest BCUT2D eigenvalue weighted by Crippen LogP contribution is 2.33. The number of likely N-dealkylation sites (N-methyl/N-ethyl adjacent to an activating group) is 1. The normalized spacial score (nSPS) is 14.8. The first-order valence-corrected chi connectivity index (χ1v) is 8.13. The second-order valence-electron chi connectivity index (χ2n) is 5.63. The molecule has 0 bridgehead atoms. The second-order valence-corrected chi connectivity index (χ2v) is 6.04. The summed E-state index contributed by atoms with van der Waals surface area (Å²) in [6, 6.07) is 8.98. The van der Waals surface area contributed by atoms with Crippen molar-refractivity contribution in [2.75, 3.05) is 17.3 Å². The smallest absolute Gasteiger partial charge is 0.406 e. The third kappa shape index (κ3) is 4.36. The fourth-order valence-corrected chi connectivity index (χ4v) is 2.68. The minimum absolute atomic E-state index is 0.0373. The van der Waals surface area contributed by atoms with Gasteiger partial charge in [-0.3, -0.25) is 10.2 Å². The van der Waals surface area contributed by atoms with Gasteiger partial charge in [-0.25, -0.2) is 4.39 Å². The molecule has 2 aromatic carbocycles. The monoisotopic (exact) mass is 412 g/mol. The van der Waals surface area contributed by atoms with Crippen molar-refractivity contribution >= 4 is 40.3 Å². The zero-order valence-corrected chi connectivity index (χ0v) is 15.0. The van der Waals surface area contributed by atoms with Crippen LogP contribution in [0.5, 0.6) is 5.75 Å². The largest absolute Gasteiger partial charge is 0.573 e. The number of fused-ring (bicyclic) bond motifs is 1. The number of hydrogen-bond donors (Lipinski definition) is 2. The summed E-state index contributed by atoms with van der Waals surface area (Å²) in [6.45, 7) is 0. The molecular formula is C17H12F4N4O2S. The third-order valence-electron chi connectivity index (χ3n) is 3.68. The van der Waals surface area contributed by atoms with E-state index in [-0.39, 0.29) is 16.4 Å². The molecular weight excluding hydrogens is 400 g/mol. The number of nitrogens with zero attached hydrogens (tertiary/aromatic N) is 2. The average Bonchev–Trinajstić information content (AvgIpc) is 2.82. The van der Waals surface area contributed by atoms with Crippen molar-refractivity contribution in [3.8, 4) is 5.75 Å². The standard InChI is InChI=1S/C17H12F4N4O2S/c1-25-13-6-5-11(27-17(19,20)21)8-12(13)14(15(25)26)23-24-16(28)22-10-4-2-3-9(18)7-10/h2-8H,1H3,(H2,22,24,28)/b23-14-. The average molecular weight is 412 g/mol. The van der Waals surface area contributed by atoms with Crippen LogP contribution in [0, 0.1) is 5.82 Å². The lowest BCUT2D eigenvalue weighted by Gasteiger charge is -2.11. The first kappa shape index (κ1) is 19.5. The topological polar surface area (TPSA) is 66.0 Å². The zero-order valence-electron chi connectivity index (χ0n) is 14.2. The number of nitrogens with one attached hydrogen (secondary N) is 2. The first-order chi connectivity index (χ1) is 13.1. The summed E-state index contributed by atoms with van der Waals surface area (Å²) >= 11 is 5.03. The van der Waals surface area contributed by atoms with E-state index in [1.165, 1.54) is 36.2 Å². The fourth-order valence-electron chi connectivity index (χ4n) is 2.52. The molecule has 146 valence electrons. The van der Waals surface area contributed by atoms with Crippen molar-refractivity contribution in [2.24, 2.45) is 5.10 Å². The molecule has 0 saturated carbocycles. The molecule has 1 aliphatic rings. The summed E-state index contributed by atoms with van der Waals surface area (Å²) in [5.74, 6) is -1.50. The predicted molar refractivity (Wildman–Crippen MR) is 98.8 cm³/mol. The van der Waals surface area contributed by atoms with Gasteiger partial charge in [-0.2, -0.15) is 5.10 Å². The van der Waals surface area contributed by atoms with Crippen LogP contribution in [0.1, 0.15) is 5.56 Å². The Bertz CT molecular complexity index is 978. The number of alkyl halides is 3. The Kier molecular flexibility index (Phi) is 5.18. The van der Waals surface area contributed by atoms with Gasteiger partial charge in [-0.05, 0) is 48.6 Å². The Balaban J connectivity index is 1.81. The number of hydrazone groups is 1. The van der Waals surface area contributed by atoms with Crippen LogP contribution >= 0.6 is 12.2 Å². The van der Waals surface area contributed by atoms with Crippen LogP contribution in [-0.4, -0.2) is 30.1 Å². The molecule has 2 aromatic rings. The SMILES string of the molecule is CN1C(=O)/C(=N\NC(=S)Nc2cccc(F)c2)c2cc(OC(F)(F)F)ccc21. The number of benzene rings is 2. The van der Waals surface area contributed by atoms with Gasteiger partial charge in [0.25, 0.3) is 5.91 Å². The molecule has 28 heavy (non-hydrogen) atoms. The van der Waals surface area contributed by atoms with Gasteiger partial charge in [-0.1, -0.05) is 6.07 Å². The highest BCUT2D eigenvalue weighted by atomic mass is 32.1. The van der Waals surface area contributed by atoms with E-state index in [0.717, 1.165) is 12.1 Å². The predicted octanol–water partition coefficient (Wildman–Crippen LogP) is 3.39. The zero-order chi connectivity index (χ0) is 20.5. The minimum Gasteiger partial charge on any atom is -0.406 e. The summed E-state index contributed by atoms with van der Waals surface area (Å²) < 4.78 is 54.4. The number of anilines is 2. The molecule has 1 heterocycles. The van der Waals surface area contributed by atoms with Crippen LogP contribution < -0.4 is 20.4 Å². The summed E-state index contributed by atoms with van der Waals surface area (Å²) in [5, 5.41) is 6.53. The highest BCUT2D eigenvalue weighted by molar-refractivity contribution is 7.80. The van der Waals surface area contributed by atoms with Crippen LogP contribution in [0.15, 0.2) is 47.6 Å². The minimum atomic E-state index is -4.87. The Labute approximate surface area is 161 Å². The lowest BCUT2D eigenvalue weighted by molar-refractivity contribution is -0.274. The molecule has 0 spiro atoms. The van der Waals surface area contributed by atoms with Crippen LogP contribution in [0.3, 0.4) is 0 Å². The molecule has 0 unspecified atom stereocenters. The van der Waals surface area contributed by atoms with Crippen LogP contribution in [0.25, 0.3) is 0 Å². The molecule has 0 fully saturated rings. The van der Waals surface area contributed by atoms with Gasteiger partial charge in [0.15, 0.2) is 10.8 Å².